The zero-order chi connectivity index (χ0) is 21.9. The molecule has 0 fully saturated rings. The molecule has 2 rings (SSSR count). The Morgan fingerprint density at radius 1 is 1.24 bits per heavy atom. The highest BCUT2D eigenvalue weighted by Crippen LogP contribution is 2.21. The number of hydrogen-bond donors (Lipinski definition) is 1. The second kappa shape index (κ2) is 8.91. The van der Waals surface area contributed by atoms with Crippen LogP contribution in [-0.4, -0.2) is 43.0 Å². The van der Waals surface area contributed by atoms with Gasteiger partial charge >= 0.3 is 5.97 Å². The van der Waals surface area contributed by atoms with E-state index in [2.05, 4.69) is 9.88 Å². The van der Waals surface area contributed by atoms with Crippen LogP contribution in [0.1, 0.15) is 59.5 Å². The molecule has 0 saturated carbocycles. The fourth-order valence-electron chi connectivity index (χ4n) is 3.37. The number of aryl methyl sites for hydroxylation is 3. The van der Waals surface area contributed by atoms with Crippen LogP contribution in [0.2, 0.25) is 0 Å². The van der Waals surface area contributed by atoms with Crippen LogP contribution in [0.5, 0.6) is 0 Å². The van der Waals surface area contributed by atoms with Crippen LogP contribution in [-0.2, 0) is 19.6 Å². The molecule has 0 radical (unpaired) electrons. The Labute approximate surface area is 170 Å². The molecule has 29 heavy (non-hydrogen) atoms. The number of carbonyl (C=O) groups is 2. The summed E-state index contributed by atoms with van der Waals surface area (Å²) in [5.41, 5.74) is 2.54. The first-order valence-electron chi connectivity index (χ1n) is 9.25. The van der Waals surface area contributed by atoms with E-state index >= 15 is 0 Å². The molecule has 0 spiro atoms. The Hall–Kier alpha value is -2.46. The highest BCUT2D eigenvalue weighted by Gasteiger charge is 2.24. The molecule has 0 aliphatic rings. The van der Waals surface area contributed by atoms with E-state index < -0.39 is 22.6 Å². The summed E-state index contributed by atoms with van der Waals surface area (Å²) in [7, 11) is -3.85. The number of esters is 1. The molecule has 0 unspecified atom stereocenters. The molecule has 10 heteroatoms. The van der Waals surface area contributed by atoms with Crippen LogP contribution in [0.3, 0.4) is 0 Å². The quantitative estimate of drug-likeness (QED) is 0.484. The van der Waals surface area contributed by atoms with E-state index in [0.29, 0.717) is 5.56 Å². The van der Waals surface area contributed by atoms with Crippen molar-refractivity contribution in [3.8, 4) is 0 Å². The zero-order valence-corrected chi connectivity index (χ0v) is 18.3. The SMILES string of the molecule is Cc1noc(C)c1S(=O)(=O)NCCC(=O)OCC(=O)c1cc(C)n(C(C)C)c1C. The third-order valence-corrected chi connectivity index (χ3v) is 6.23. The molecule has 0 saturated heterocycles. The molecule has 2 aromatic heterocycles. The third-order valence-electron chi connectivity index (χ3n) is 4.52. The minimum atomic E-state index is -3.85. The van der Waals surface area contributed by atoms with E-state index in [0.717, 1.165) is 11.4 Å². The number of hydrogen-bond acceptors (Lipinski definition) is 7. The van der Waals surface area contributed by atoms with Gasteiger partial charge in [-0.3, -0.25) is 9.59 Å². The van der Waals surface area contributed by atoms with Crippen LogP contribution >= 0.6 is 0 Å². The Bertz CT molecular complexity index is 998. The predicted octanol–water partition coefficient (Wildman–Crippen LogP) is 2.39. The number of aromatic nitrogens is 2. The lowest BCUT2D eigenvalue weighted by atomic mass is 10.1. The summed E-state index contributed by atoms with van der Waals surface area (Å²) in [5.74, 6) is -0.797. The summed E-state index contributed by atoms with van der Waals surface area (Å²) in [6.45, 7) is 10.3. The molecule has 1 N–H and O–H groups in total. The van der Waals surface area contributed by atoms with Gasteiger partial charge in [-0.15, -0.1) is 0 Å². The van der Waals surface area contributed by atoms with Gasteiger partial charge in [0.25, 0.3) is 0 Å². The van der Waals surface area contributed by atoms with Gasteiger partial charge in [0, 0.05) is 29.5 Å². The maximum absolute atomic E-state index is 12.4. The number of rotatable bonds is 9. The topological polar surface area (TPSA) is 121 Å². The Kier molecular flexibility index (Phi) is 7.02. The lowest BCUT2D eigenvalue weighted by molar-refractivity contribution is -0.142. The number of carbonyl (C=O) groups excluding carboxylic acids is 2. The number of Topliss-reactive ketones (excluding diaryl/α,β-unsaturated/α-hetero) is 1. The molecule has 0 aromatic carbocycles. The van der Waals surface area contributed by atoms with Gasteiger partial charge in [0.05, 0.1) is 6.42 Å². The average molecular weight is 426 g/mol. The molecule has 2 heterocycles. The van der Waals surface area contributed by atoms with Crippen molar-refractivity contribution in [2.45, 2.75) is 58.9 Å². The second-order valence-electron chi connectivity index (χ2n) is 7.13. The number of nitrogens with one attached hydrogen (secondary N) is 1. The zero-order valence-electron chi connectivity index (χ0n) is 17.5. The van der Waals surface area contributed by atoms with Crippen molar-refractivity contribution in [1.82, 2.24) is 14.4 Å². The van der Waals surface area contributed by atoms with Gasteiger partial charge in [0.1, 0.15) is 10.6 Å². The average Bonchev–Trinajstić information content (AvgIpc) is 3.11. The van der Waals surface area contributed by atoms with Gasteiger partial charge in [0.2, 0.25) is 15.8 Å². The molecule has 0 atom stereocenters. The standard InChI is InChI=1S/C19H27N3O6S/c1-11(2)22-12(3)9-16(14(22)5)17(23)10-27-18(24)7-8-20-29(25,26)19-13(4)21-28-15(19)6/h9,11,20H,7-8,10H2,1-6H3. The van der Waals surface area contributed by atoms with Crippen LogP contribution in [0.4, 0.5) is 0 Å². The van der Waals surface area contributed by atoms with E-state index in [4.69, 9.17) is 9.26 Å². The summed E-state index contributed by atoms with van der Waals surface area (Å²) in [4.78, 5) is 24.3. The van der Waals surface area contributed by atoms with Gasteiger partial charge in [-0.05, 0) is 47.6 Å². The number of nitrogens with zero attached hydrogens (tertiary/aromatic N) is 2. The van der Waals surface area contributed by atoms with Crippen molar-refractivity contribution in [3.05, 3.63) is 34.5 Å². The summed E-state index contributed by atoms with van der Waals surface area (Å²) in [6.07, 6.45) is -0.207. The molecule has 0 aliphatic heterocycles. The van der Waals surface area contributed by atoms with Crippen LogP contribution < -0.4 is 4.72 Å². The smallest absolute Gasteiger partial charge is 0.307 e. The van der Waals surface area contributed by atoms with Crippen LogP contribution in [0.15, 0.2) is 15.5 Å². The Morgan fingerprint density at radius 2 is 1.90 bits per heavy atom. The molecular formula is C19H27N3O6S. The third kappa shape index (κ3) is 5.13. The van der Waals surface area contributed by atoms with Crippen molar-refractivity contribution in [2.24, 2.45) is 0 Å². The Morgan fingerprint density at radius 3 is 2.41 bits per heavy atom. The van der Waals surface area contributed by atoms with Crippen molar-refractivity contribution in [2.75, 3.05) is 13.2 Å². The highest BCUT2D eigenvalue weighted by molar-refractivity contribution is 7.89. The minimum Gasteiger partial charge on any atom is -0.457 e. The summed E-state index contributed by atoms with van der Waals surface area (Å²) in [6, 6.07) is 1.99. The van der Waals surface area contributed by atoms with Gasteiger partial charge in [-0.2, -0.15) is 0 Å². The van der Waals surface area contributed by atoms with E-state index in [-0.39, 0.29) is 41.1 Å². The van der Waals surface area contributed by atoms with Gasteiger partial charge < -0.3 is 13.8 Å². The summed E-state index contributed by atoms with van der Waals surface area (Å²) in [5, 5.41) is 3.60. The van der Waals surface area contributed by atoms with Crippen LogP contribution in [0, 0.1) is 27.7 Å². The molecule has 0 aliphatic carbocycles. The van der Waals surface area contributed by atoms with Crippen LogP contribution in [0.25, 0.3) is 0 Å². The molecule has 0 bridgehead atoms. The van der Waals surface area contributed by atoms with Gasteiger partial charge in [0.15, 0.2) is 12.4 Å². The van der Waals surface area contributed by atoms with Crippen molar-refractivity contribution >= 4 is 21.8 Å². The van der Waals surface area contributed by atoms with Crippen molar-refractivity contribution < 1.29 is 27.3 Å². The molecule has 160 valence electrons. The van der Waals surface area contributed by atoms with Gasteiger partial charge in [-0.25, -0.2) is 13.1 Å². The summed E-state index contributed by atoms with van der Waals surface area (Å²) >= 11 is 0. The first-order chi connectivity index (χ1) is 13.5. The second-order valence-corrected chi connectivity index (χ2v) is 8.84. The fraction of sp³-hybridized carbons (Fsp3) is 0.526. The number of ether oxygens (including phenoxy) is 1. The predicted molar refractivity (Wildman–Crippen MR) is 105 cm³/mol. The maximum Gasteiger partial charge on any atom is 0.307 e. The summed E-state index contributed by atoms with van der Waals surface area (Å²) < 4.78 is 38.8. The molecule has 0 amide bonds. The van der Waals surface area contributed by atoms with Gasteiger partial charge in [-0.1, -0.05) is 5.16 Å². The first-order valence-corrected chi connectivity index (χ1v) is 10.7. The minimum absolute atomic E-state index is 0.0402. The highest BCUT2D eigenvalue weighted by atomic mass is 32.2. The lowest BCUT2D eigenvalue weighted by Gasteiger charge is -2.13. The first kappa shape index (κ1) is 22.8. The largest absolute Gasteiger partial charge is 0.457 e. The Balaban J connectivity index is 1.88. The molecule has 2 aromatic rings. The lowest BCUT2D eigenvalue weighted by Crippen LogP contribution is -2.28. The number of ketones is 1. The van der Waals surface area contributed by atoms with E-state index in [1.165, 1.54) is 13.8 Å². The van der Waals surface area contributed by atoms with E-state index in [1.807, 2.05) is 32.3 Å². The van der Waals surface area contributed by atoms with Crippen molar-refractivity contribution in [3.63, 3.8) is 0 Å². The van der Waals surface area contributed by atoms with E-state index in [9.17, 15) is 18.0 Å². The monoisotopic (exact) mass is 425 g/mol. The van der Waals surface area contributed by atoms with E-state index in [1.54, 1.807) is 6.07 Å². The number of sulfonamides is 1. The fourth-order valence-corrected chi connectivity index (χ4v) is 4.72. The molecule has 9 nitrogen and oxygen atoms in total. The molecular weight excluding hydrogens is 398 g/mol. The van der Waals surface area contributed by atoms with Crippen molar-refractivity contribution in [1.29, 1.82) is 0 Å². The normalized spacial score (nSPS) is 11.8. The maximum atomic E-state index is 12.4.